The Labute approximate surface area is 175 Å². The number of anilines is 2. The average Bonchev–Trinajstić information content (AvgIpc) is 3.41. The summed E-state index contributed by atoms with van der Waals surface area (Å²) in [5.41, 5.74) is 0.847. The number of amides is 2. The number of nitrogens with zero attached hydrogens (tertiary/aromatic N) is 4. The highest BCUT2D eigenvalue weighted by atomic mass is 16.2. The third kappa shape index (κ3) is 5.62. The summed E-state index contributed by atoms with van der Waals surface area (Å²) in [6.45, 7) is 9.75. The molecule has 0 spiro atoms. The van der Waals surface area contributed by atoms with Gasteiger partial charge >= 0.3 is 6.03 Å². The van der Waals surface area contributed by atoms with Crippen molar-refractivity contribution in [2.24, 2.45) is 11.8 Å². The summed E-state index contributed by atoms with van der Waals surface area (Å²) in [5, 5.41) is 3.13. The first-order valence-electron chi connectivity index (χ1n) is 11.7. The van der Waals surface area contributed by atoms with Crippen molar-refractivity contribution in [2.75, 3.05) is 56.0 Å². The Morgan fingerprint density at radius 3 is 2.59 bits per heavy atom. The van der Waals surface area contributed by atoms with Gasteiger partial charge in [-0.25, -0.2) is 9.78 Å². The molecule has 1 N–H and O–H groups in total. The van der Waals surface area contributed by atoms with Crippen LogP contribution in [0.4, 0.5) is 16.3 Å². The van der Waals surface area contributed by atoms with Gasteiger partial charge in [0.2, 0.25) is 0 Å². The zero-order chi connectivity index (χ0) is 20.1. The number of hydrogen-bond acceptors (Lipinski definition) is 4. The summed E-state index contributed by atoms with van der Waals surface area (Å²) >= 11 is 0. The fourth-order valence-corrected chi connectivity index (χ4v) is 4.70. The van der Waals surface area contributed by atoms with Crippen molar-refractivity contribution in [1.29, 1.82) is 0 Å². The molecule has 2 amide bonds. The molecule has 1 aliphatic carbocycles. The van der Waals surface area contributed by atoms with Crippen LogP contribution in [-0.4, -0.2) is 66.6 Å². The van der Waals surface area contributed by atoms with Gasteiger partial charge < -0.3 is 20.0 Å². The molecule has 29 heavy (non-hydrogen) atoms. The third-order valence-corrected chi connectivity index (χ3v) is 6.85. The van der Waals surface area contributed by atoms with Crippen LogP contribution in [0.15, 0.2) is 18.3 Å². The van der Waals surface area contributed by atoms with Crippen LogP contribution in [0.2, 0.25) is 0 Å². The molecular formula is C23H37N5O. The lowest BCUT2D eigenvalue weighted by Crippen LogP contribution is -2.42. The minimum Gasteiger partial charge on any atom is -0.355 e. The highest BCUT2D eigenvalue weighted by Crippen LogP contribution is 2.30. The van der Waals surface area contributed by atoms with E-state index in [1.807, 2.05) is 23.2 Å². The van der Waals surface area contributed by atoms with Crippen molar-refractivity contribution in [3.8, 4) is 0 Å². The first-order valence-corrected chi connectivity index (χ1v) is 11.7. The lowest BCUT2D eigenvalue weighted by atomic mass is 9.93. The van der Waals surface area contributed by atoms with E-state index in [0.29, 0.717) is 0 Å². The van der Waals surface area contributed by atoms with Crippen LogP contribution >= 0.6 is 0 Å². The molecule has 6 nitrogen and oxygen atoms in total. The van der Waals surface area contributed by atoms with E-state index in [0.717, 1.165) is 62.4 Å². The fourth-order valence-electron chi connectivity index (χ4n) is 4.70. The highest BCUT2D eigenvalue weighted by Gasteiger charge is 2.26. The predicted molar refractivity (Wildman–Crippen MR) is 118 cm³/mol. The summed E-state index contributed by atoms with van der Waals surface area (Å²) in [7, 11) is 0. The van der Waals surface area contributed by atoms with E-state index in [1.54, 1.807) is 0 Å². The normalized spacial score (nSPS) is 20.5. The SMILES string of the molecule is CCN(CCC1CCN(C(=O)Nc2cccnc2N2CCCC2)CC1)CC1CC1. The van der Waals surface area contributed by atoms with E-state index < -0.39 is 0 Å². The maximum Gasteiger partial charge on any atom is 0.321 e. The molecule has 2 aliphatic heterocycles. The van der Waals surface area contributed by atoms with E-state index in [1.165, 1.54) is 51.7 Å². The van der Waals surface area contributed by atoms with Crippen LogP contribution in [0, 0.1) is 11.8 Å². The first-order chi connectivity index (χ1) is 14.2. The molecule has 0 aromatic carbocycles. The third-order valence-electron chi connectivity index (χ3n) is 6.85. The quantitative estimate of drug-likeness (QED) is 0.717. The van der Waals surface area contributed by atoms with Crippen LogP contribution in [0.5, 0.6) is 0 Å². The van der Waals surface area contributed by atoms with Gasteiger partial charge in [-0.1, -0.05) is 6.92 Å². The molecule has 3 heterocycles. The Hall–Kier alpha value is -1.82. The Balaban J connectivity index is 1.23. The van der Waals surface area contributed by atoms with Crippen LogP contribution in [0.3, 0.4) is 0 Å². The number of pyridine rings is 1. The summed E-state index contributed by atoms with van der Waals surface area (Å²) in [6.07, 6.45) is 10.6. The molecule has 0 atom stereocenters. The standard InChI is InChI=1S/C23H37N5O/c1-2-26(18-20-7-8-20)15-9-19-10-16-28(17-11-19)23(29)25-21-6-5-12-24-22(21)27-13-3-4-14-27/h5-6,12,19-20H,2-4,7-11,13-18H2,1H3,(H,25,29). The number of nitrogens with one attached hydrogen (secondary N) is 1. The summed E-state index contributed by atoms with van der Waals surface area (Å²) < 4.78 is 0. The van der Waals surface area contributed by atoms with Crippen molar-refractivity contribution < 1.29 is 4.79 Å². The monoisotopic (exact) mass is 399 g/mol. The van der Waals surface area contributed by atoms with Gasteiger partial charge in [-0.05, 0) is 82.0 Å². The number of piperidine rings is 1. The van der Waals surface area contributed by atoms with Gasteiger partial charge in [0.05, 0.1) is 5.69 Å². The topological polar surface area (TPSA) is 51.7 Å². The number of likely N-dealkylation sites (tertiary alicyclic amines) is 1. The minimum atomic E-state index is 0.0285. The molecule has 6 heteroatoms. The van der Waals surface area contributed by atoms with Crippen molar-refractivity contribution in [3.05, 3.63) is 18.3 Å². The maximum atomic E-state index is 12.8. The molecule has 0 unspecified atom stereocenters. The minimum absolute atomic E-state index is 0.0285. The number of urea groups is 1. The zero-order valence-electron chi connectivity index (χ0n) is 18.0. The molecule has 160 valence electrons. The highest BCUT2D eigenvalue weighted by molar-refractivity contribution is 5.92. The Kier molecular flexibility index (Phi) is 6.90. The van der Waals surface area contributed by atoms with Crippen molar-refractivity contribution >= 4 is 17.5 Å². The van der Waals surface area contributed by atoms with Gasteiger partial charge in [-0.2, -0.15) is 0 Å². The Morgan fingerprint density at radius 2 is 1.90 bits per heavy atom. The maximum absolute atomic E-state index is 12.8. The van der Waals surface area contributed by atoms with Gasteiger partial charge in [0.1, 0.15) is 0 Å². The van der Waals surface area contributed by atoms with Gasteiger partial charge in [0.15, 0.2) is 5.82 Å². The smallest absolute Gasteiger partial charge is 0.321 e. The lowest BCUT2D eigenvalue weighted by Gasteiger charge is -2.33. The lowest BCUT2D eigenvalue weighted by molar-refractivity contribution is 0.170. The molecule has 2 saturated heterocycles. The second-order valence-electron chi connectivity index (χ2n) is 9.05. The predicted octanol–water partition coefficient (Wildman–Crippen LogP) is 4.05. The fraction of sp³-hybridized carbons (Fsp3) is 0.739. The van der Waals surface area contributed by atoms with Crippen molar-refractivity contribution in [2.45, 2.75) is 51.9 Å². The summed E-state index contributed by atoms with van der Waals surface area (Å²) in [6, 6.07) is 3.91. The van der Waals surface area contributed by atoms with Gasteiger partial charge in [-0.3, -0.25) is 0 Å². The van der Waals surface area contributed by atoms with Crippen LogP contribution in [0.1, 0.15) is 51.9 Å². The van der Waals surface area contributed by atoms with Crippen molar-refractivity contribution in [3.63, 3.8) is 0 Å². The van der Waals surface area contributed by atoms with E-state index in [4.69, 9.17) is 0 Å². The number of carbonyl (C=O) groups is 1. The van der Waals surface area contributed by atoms with Gasteiger partial charge in [0, 0.05) is 38.9 Å². The summed E-state index contributed by atoms with van der Waals surface area (Å²) in [5.74, 6) is 2.65. The largest absolute Gasteiger partial charge is 0.355 e. The van der Waals surface area contributed by atoms with Crippen LogP contribution in [-0.2, 0) is 0 Å². The summed E-state index contributed by atoms with van der Waals surface area (Å²) in [4.78, 5) is 24.3. The van der Waals surface area contributed by atoms with Crippen LogP contribution < -0.4 is 10.2 Å². The molecule has 4 rings (SSSR count). The van der Waals surface area contributed by atoms with Crippen molar-refractivity contribution in [1.82, 2.24) is 14.8 Å². The number of rotatable bonds is 8. The van der Waals surface area contributed by atoms with Gasteiger partial charge in [0.25, 0.3) is 0 Å². The number of aromatic nitrogens is 1. The van der Waals surface area contributed by atoms with E-state index in [2.05, 4.69) is 27.0 Å². The average molecular weight is 400 g/mol. The molecule has 1 aromatic heterocycles. The zero-order valence-corrected chi connectivity index (χ0v) is 18.0. The van der Waals surface area contributed by atoms with Crippen LogP contribution in [0.25, 0.3) is 0 Å². The number of hydrogen-bond donors (Lipinski definition) is 1. The molecular weight excluding hydrogens is 362 g/mol. The molecule has 1 aromatic rings. The Bertz CT molecular complexity index is 663. The van der Waals surface area contributed by atoms with E-state index in [9.17, 15) is 4.79 Å². The molecule has 1 saturated carbocycles. The molecule has 0 radical (unpaired) electrons. The van der Waals surface area contributed by atoms with E-state index >= 15 is 0 Å². The second-order valence-corrected chi connectivity index (χ2v) is 9.05. The van der Waals surface area contributed by atoms with Gasteiger partial charge in [-0.15, -0.1) is 0 Å². The molecule has 3 fully saturated rings. The molecule has 0 bridgehead atoms. The first kappa shape index (κ1) is 20.5. The molecule has 3 aliphatic rings. The Morgan fingerprint density at radius 1 is 1.14 bits per heavy atom. The second kappa shape index (κ2) is 9.79. The number of carbonyl (C=O) groups excluding carboxylic acids is 1. The van der Waals surface area contributed by atoms with E-state index in [-0.39, 0.29) is 6.03 Å².